The maximum Gasteiger partial charge on any atom is 0.322 e. The van der Waals surface area contributed by atoms with Crippen LogP contribution in [0.4, 0.5) is 14.9 Å². The molecule has 10 heteroatoms. The zero-order chi connectivity index (χ0) is 23.6. The number of nitrogens with one attached hydrogen (secondary N) is 1. The summed E-state index contributed by atoms with van der Waals surface area (Å²) in [7, 11) is -3.41. The summed E-state index contributed by atoms with van der Waals surface area (Å²) in [6.07, 6.45) is 8.62. The fraction of sp³-hybridized carbons (Fsp3) is 0.348. The molecule has 1 aliphatic rings. The van der Waals surface area contributed by atoms with Gasteiger partial charge in [0.05, 0.1) is 34.2 Å². The summed E-state index contributed by atoms with van der Waals surface area (Å²) in [5.74, 6) is -0.322. The van der Waals surface area contributed by atoms with Crippen LogP contribution in [0, 0.1) is 5.82 Å². The second kappa shape index (κ2) is 9.30. The van der Waals surface area contributed by atoms with Crippen LogP contribution in [0.25, 0.3) is 5.69 Å². The molecule has 0 saturated carbocycles. The molecule has 0 fully saturated rings. The van der Waals surface area contributed by atoms with Gasteiger partial charge in [-0.3, -0.25) is 9.88 Å². The van der Waals surface area contributed by atoms with Crippen LogP contribution < -0.4 is 10.2 Å². The topological polar surface area (TPSA) is 97.2 Å². The highest BCUT2D eigenvalue weighted by molar-refractivity contribution is 7.90. The number of anilines is 1. The second-order valence-corrected chi connectivity index (χ2v) is 10.2. The first-order chi connectivity index (χ1) is 15.8. The van der Waals surface area contributed by atoms with Crippen molar-refractivity contribution >= 4 is 21.6 Å². The number of urea groups is 1. The van der Waals surface area contributed by atoms with Crippen molar-refractivity contribution in [2.75, 3.05) is 17.7 Å². The van der Waals surface area contributed by atoms with Crippen molar-refractivity contribution in [1.29, 1.82) is 0 Å². The molecule has 2 aromatic heterocycles. The number of fused-ring (bicyclic) bond motifs is 1. The Balaban J connectivity index is 1.59. The largest absolute Gasteiger partial charge is 0.331 e. The Morgan fingerprint density at radius 1 is 1.21 bits per heavy atom. The highest BCUT2D eigenvalue weighted by atomic mass is 32.2. The van der Waals surface area contributed by atoms with E-state index in [1.54, 1.807) is 40.2 Å². The van der Waals surface area contributed by atoms with Crippen molar-refractivity contribution < 1.29 is 17.6 Å². The van der Waals surface area contributed by atoms with Gasteiger partial charge in [0.25, 0.3) is 0 Å². The molecule has 174 valence electrons. The van der Waals surface area contributed by atoms with Crippen LogP contribution in [0.1, 0.15) is 43.5 Å². The summed E-state index contributed by atoms with van der Waals surface area (Å²) in [6.45, 7) is 2.53. The number of hydrogen-bond donors (Lipinski definition) is 1. The van der Waals surface area contributed by atoms with Gasteiger partial charge in [0.15, 0.2) is 9.84 Å². The lowest BCUT2D eigenvalue weighted by Crippen LogP contribution is -2.44. The van der Waals surface area contributed by atoms with Crippen molar-refractivity contribution in [3.8, 4) is 5.69 Å². The van der Waals surface area contributed by atoms with Crippen LogP contribution in [0.3, 0.4) is 0 Å². The molecule has 2 amide bonds. The lowest BCUT2D eigenvalue weighted by atomic mass is 10.0. The monoisotopic (exact) mass is 471 g/mol. The lowest BCUT2D eigenvalue weighted by Gasteiger charge is -2.29. The van der Waals surface area contributed by atoms with Crippen molar-refractivity contribution in [3.05, 3.63) is 66.0 Å². The molecule has 4 rings (SSSR count). The van der Waals surface area contributed by atoms with Crippen LogP contribution in [0.2, 0.25) is 0 Å². The van der Waals surface area contributed by atoms with Crippen LogP contribution >= 0.6 is 0 Å². The molecule has 8 nitrogen and oxygen atoms in total. The number of benzene rings is 1. The molecule has 33 heavy (non-hydrogen) atoms. The Morgan fingerprint density at radius 3 is 2.67 bits per heavy atom. The number of aromatic nitrogens is 3. The summed E-state index contributed by atoms with van der Waals surface area (Å²) in [6, 6.07) is 6.97. The maximum atomic E-state index is 13.3. The minimum atomic E-state index is -3.41. The van der Waals surface area contributed by atoms with Crippen molar-refractivity contribution in [1.82, 2.24) is 20.1 Å². The number of carbonyl (C=O) groups is 1. The van der Waals surface area contributed by atoms with E-state index in [4.69, 9.17) is 0 Å². The van der Waals surface area contributed by atoms with Gasteiger partial charge in [-0.05, 0) is 55.2 Å². The van der Waals surface area contributed by atoms with Crippen molar-refractivity contribution in [3.63, 3.8) is 0 Å². The van der Waals surface area contributed by atoms with E-state index < -0.39 is 9.84 Å². The van der Waals surface area contributed by atoms with Crippen LogP contribution in [-0.4, -0.2) is 42.0 Å². The van der Waals surface area contributed by atoms with Gasteiger partial charge >= 0.3 is 6.03 Å². The normalized spacial score (nSPS) is 14.6. The van der Waals surface area contributed by atoms with E-state index in [-0.39, 0.29) is 22.8 Å². The third-order valence-electron chi connectivity index (χ3n) is 5.69. The molecule has 0 aliphatic carbocycles. The van der Waals surface area contributed by atoms with Crippen LogP contribution in [0.15, 0.2) is 53.8 Å². The predicted molar refractivity (Wildman–Crippen MR) is 123 cm³/mol. The number of nitrogens with zero attached hydrogens (tertiary/aromatic N) is 4. The van der Waals surface area contributed by atoms with E-state index in [2.05, 4.69) is 15.4 Å². The predicted octanol–water partition coefficient (Wildman–Crippen LogP) is 3.81. The number of rotatable bonds is 6. The molecule has 1 aliphatic heterocycles. The Morgan fingerprint density at radius 2 is 1.97 bits per heavy atom. The first-order valence-electron chi connectivity index (χ1n) is 10.8. The first-order valence-corrected chi connectivity index (χ1v) is 12.7. The third-order valence-corrected chi connectivity index (χ3v) is 6.77. The number of halogens is 1. The fourth-order valence-corrected chi connectivity index (χ4v) is 4.63. The third kappa shape index (κ3) is 4.90. The Labute approximate surface area is 192 Å². The summed E-state index contributed by atoms with van der Waals surface area (Å²) < 4.78 is 38.9. The van der Waals surface area contributed by atoms with E-state index in [9.17, 15) is 17.6 Å². The molecular formula is C23H26FN5O3S. The molecule has 0 bridgehead atoms. The summed E-state index contributed by atoms with van der Waals surface area (Å²) in [5, 5.41) is 7.48. The maximum absolute atomic E-state index is 13.3. The number of pyridine rings is 1. The Kier molecular flexibility index (Phi) is 6.46. The zero-order valence-electron chi connectivity index (χ0n) is 18.5. The Hall–Kier alpha value is -3.27. The van der Waals surface area contributed by atoms with Crippen molar-refractivity contribution in [2.45, 2.75) is 43.5 Å². The van der Waals surface area contributed by atoms with E-state index in [0.29, 0.717) is 24.2 Å². The van der Waals surface area contributed by atoms with E-state index in [1.807, 2.05) is 6.92 Å². The first kappa shape index (κ1) is 22.9. The average Bonchev–Trinajstić information content (AvgIpc) is 3.23. The Bertz CT molecular complexity index is 1260. The number of hydrogen-bond acceptors (Lipinski definition) is 5. The van der Waals surface area contributed by atoms with Gasteiger partial charge in [0.1, 0.15) is 5.82 Å². The minimum Gasteiger partial charge on any atom is -0.331 e. The number of carbonyl (C=O) groups excluding carboxylic acids is 1. The summed E-state index contributed by atoms with van der Waals surface area (Å²) in [4.78, 5) is 19.1. The average molecular weight is 472 g/mol. The minimum absolute atomic E-state index is 0.121. The number of amides is 2. The van der Waals surface area contributed by atoms with E-state index in [0.717, 1.165) is 36.9 Å². The van der Waals surface area contributed by atoms with Gasteiger partial charge in [-0.1, -0.05) is 13.3 Å². The molecule has 0 spiro atoms. The number of sulfone groups is 1. The van der Waals surface area contributed by atoms with E-state index in [1.165, 1.54) is 18.3 Å². The molecule has 0 saturated heterocycles. The molecule has 1 aromatic carbocycles. The van der Waals surface area contributed by atoms with Crippen molar-refractivity contribution in [2.24, 2.45) is 0 Å². The highest BCUT2D eigenvalue weighted by Gasteiger charge is 2.28. The second-order valence-electron chi connectivity index (χ2n) is 8.14. The van der Waals surface area contributed by atoms with Gasteiger partial charge in [-0.15, -0.1) is 0 Å². The van der Waals surface area contributed by atoms with Gasteiger partial charge in [-0.2, -0.15) is 5.10 Å². The molecule has 1 N–H and O–H groups in total. The zero-order valence-corrected chi connectivity index (χ0v) is 19.3. The quantitative estimate of drug-likeness (QED) is 0.590. The van der Waals surface area contributed by atoms with E-state index >= 15 is 0 Å². The highest BCUT2D eigenvalue weighted by Crippen LogP contribution is 2.30. The SMILES string of the molecule is CCCC(NC(=O)N1CCCc2c1cnn2-c1ccc(F)cc1)c1cncc(S(C)(=O)=O)c1. The smallest absolute Gasteiger partial charge is 0.322 e. The fourth-order valence-electron chi connectivity index (χ4n) is 4.03. The summed E-state index contributed by atoms with van der Waals surface area (Å²) >= 11 is 0. The molecule has 1 atom stereocenters. The van der Waals surface area contributed by atoms with Crippen LogP contribution in [-0.2, 0) is 16.3 Å². The molecule has 3 heterocycles. The summed E-state index contributed by atoms with van der Waals surface area (Å²) in [5.41, 5.74) is 2.97. The van der Waals surface area contributed by atoms with Gasteiger partial charge < -0.3 is 5.32 Å². The molecule has 0 radical (unpaired) electrons. The standard InChI is InChI=1S/C23H26FN5O3S/c1-3-5-20(16-12-19(14-25-13-16)33(2,31)32)27-23(30)28-11-4-6-21-22(28)15-26-29(21)18-9-7-17(24)8-10-18/h7-10,12-15,20H,3-6,11H2,1-2H3,(H,27,30). The lowest BCUT2D eigenvalue weighted by molar-refractivity contribution is 0.241. The molecular weight excluding hydrogens is 445 g/mol. The van der Waals surface area contributed by atoms with Gasteiger partial charge in [-0.25, -0.2) is 22.3 Å². The van der Waals surface area contributed by atoms with Crippen LogP contribution in [0.5, 0.6) is 0 Å². The molecule has 1 unspecified atom stereocenters. The van der Waals surface area contributed by atoms with Gasteiger partial charge in [0.2, 0.25) is 0 Å². The molecule has 3 aromatic rings. The van der Waals surface area contributed by atoms with Gasteiger partial charge in [0, 0.05) is 25.2 Å².